The molecule has 0 radical (unpaired) electrons. The third-order valence-corrected chi connectivity index (χ3v) is 3.82. The fourth-order valence-electron chi connectivity index (χ4n) is 2.44. The van der Waals surface area contributed by atoms with Crippen molar-refractivity contribution in [2.45, 2.75) is 12.8 Å². The van der Waals surface area contributed by atoms with E-state index in [4.69, 9.17) is 5.26 Å². The van der Waals surface area contributed by atoms with E-state index >= 15 is 0 Å². The van der Waals surface area contributed by atoms with E-state index in [2.05, 4.69) is 21.7 Å². The lowest BCUT2D eigenvalue weighted by molar-refractivity contribution is -0.116. The fraction of sp³-hybridized carbons (Fsp3) is 0.0952. The van der Waals surface area contributed by atoms with Gasteiger partial charge in [0.25, 0.3) is 0 Å². The van der Waals surface area contributed by atoms with Crippen LogP contribution in [0.3, 0.4) is 0 Å². The third kappa shape index (κ3) is 4.92. The highest BCUT2D eigenvalue weighted by Crippen LogP contribution is 2.17. The number of nitrogens with zero attached hydrogens (tertiary/aromatic N) is 2. The first-order valence-electron chi connectivity index (χ1n) is 8.30. The average Bonchev–Trinajstić information content (AvgIpc) is 2.69. The largest absolute Gasteiger partial charge is 0.354 e. The second-order valence-electron chi connectivity index (χ2n) is 5.78. The van der Waals surface area contributed by atoms with Gasteiger partial charge in [0.15, 0.2) is 0 Å². The van der Waals surface area contributed by atoms with Crippen LogP contribution in [0.25, 0.3) is 0 Å². The summed E-state index contributed by atoms with van der Waals surface area (Å²) in [5.74, 6) is 0.461. The molecule has 0 bridgehead atoms. The highest BCUT2D eigenvalue weighted by molar-refractivity contribution is 5.90. The molecule has 5 nitrogen and oxygen atoms in total. The van der Waals surface area contributed by atoms with Gasteiger partial charge in [0.05, 0.1) is 23.5 Å². The summed E-state index contributed by atoms with van der Waals surface area (Å²) in [7, 11) is 0. The predicted molar refractivity (Wildman–Crippen MR) is 102 cm³/mol. The van der Waals surface area contributed by atoms with E-state index in [0.717, 1.165) is 16.9 Å². The third-order valence-electron chi connectivity index (χ3n) is 3.82. The molecule has 3 rings (SSSR count). The molecule has 0 aliphatic rings. The van der Waals surface area contributed by atoms with Gasteiger partial charge in [-0.1, -0.05) is 30.3 Å². The molecule has 1 aromatic heterocycles. The number of hydrogen-bond donors (Lipinski definition) is 2. The Hall–Kier alpha value is -3.65. The van der Waals surface area contributed by atoms with Gasteiger partial charge < -0.3 is 10.6 Å². The molecule has 0 saturated carbocycles. The van der Waals surface area contributed by atoms with Gasteiger partial charge in [-0.15, -0.1) is 0 Å². The van der Waals surface area contributed by atoms with Gasteiger partial charge in [-0.2, -0.15) is 5.26 Å². The molecule has 0 saturated heterocycles. The fourth-order valence-corrected chi connectivity index (χ4v) is 2.44. The van der Waals surface area contributed by atoms with Crippen molar-refractivity contribution in [3.8, 4) is 6.07 Å². The first kappa shape index (κ1) is 17.2. The Kier molecular flexibility index (Phi) is 5.58. The lowest BCUT2D eigenvalue weighted by Crippen LogP contribution is -2.13. The predicted octanol–water partition coefficient (Wildman–Crippen LogP) is 4.27. The summed E-state index contributed by atoms with van der Waals surface area (Å²) >= 11 is 0. The summed E-state index contributed by atoms with van der Waals surface area (Å²) in [6.45, 7) is 0. The van der Waals surface area contributed by atoms with Crippen LogP contribution < -0.4 is 10.6 Å². The van der Waals surface area contributed by atoms with E-state index in [9.17, 15) is 4.79 Å². The van der Waals surface area contributed by atoms with Crippen molar-refractivity contribution in [2.75, 3.05) is 10.6 Å². The number of carbonyl (C=O) groups is 1. The number of aryl methyl sites for hydroxylation is 1. The Labute approximate surface area is 152 Å². The average molecular weight is 342 g/mol. The van der Waals surface area contributed by atoms with Crippen LogP contribution in [0.2, 0.25) is 0 Å². The molecule has 26 heavy (non-hydrogen) atoms. The van der Waals surface area contributed by atoms with E-state index in [1.54, 1.807) is 24.4 Å². The Morgan fingerprint density at radius 3 is 2.35 bits per heavy atom. The Morgan fingerprint density at radius 1 is 0.962 bits per heavy atom. The Morgan fingerprint density at radius 2 is 1.69 bits per heavy atom. The molecule has 0 aliphatic heterocycles. The zero-order valence-corrected chi connectivity index (χ0v) is 14.1. The van der Waals surface area contributed by atoms with Gasteiger partial charge in [0, 0.05) is 12.1 Å². The molecular weight excluding hydrogens is 324 g/mol. The summed E-state index contributed by atoms with van der Waals surface area (Å²) in [6.07, 6.45) is 2.77. The lowest BCUT2D eigenvalue weighted by Gasteiger charge is -2.08. The molecular formula is C21H18N4O. The first-order valence-corrected chi connectivity index (χ1v) is 8.30. The molecule has 0 fully saturated rings. The number of aromatic nitrogens is 1. The van der Waals surface area contributed by atoms with Crippen LogP contribution >= 0.6 is 0 Å². The van der Waals surface area contributed by atoms with Gasteiger partial charge in [0.1, 0.15) is 5.82 Å². The van der Waals surface area contributed by atoms with Gasteiger partial charge in [-0.05, 0) is 48.4 Å². The van der Waals surface area contributed by atoms with Crippen molar-refractivity contribution in [1.82, 2.24) is 4.98 Å². The minimum atomic E-state index is -0.0610. The maximum absolute atomic E-state index is 12.0. The number of carbonyl (C=O) groups excluding carboxylic acids is 1. The standard InChI is InChI=1S/C21H18N4O/c22-14-17-6-9-18(10-7-17)24-19-11-12-20(23-15-19)25-21(26)13-8-16-4-2-1-3-5-16/h1-7,9-12,15,24H,8,13H2,(H,23,25,26). The molecule has 1 amide bonds. The topological polar surface area (TPSA) is 77.8 Å². The van der Waals surface area contributed by atoms with Crippen molar-refractivity contribution in [1.29, 1.82) is 5.26 Å². The molecule has 0 aliphatic carbocycles. The highest BCUT2D eigenvalue weighted by Gasteiger charge is 2.04. The van der Waals surface area contributed by atoms with Crippen LogP contribution in [-0.4, -0.2) is 10.9 Å². The molecule has 5 heteroatoms. The van der Waals surface area contributed by atoms with Crippen LogP contribution in [0.4, 0.5) is 17.2 Å². The lowest BCUT2D eigenvalue weighted by atomic mass is 10.1. The number of pyridine rings is 1. The molecule has 2 aromatic carbocycles. The second kappa shape index (κ2) is 8.45. The van der Waals surface area contributed by atoms with E-state index in [-0.39, 0.29) is 5.91 Å². The van der Waals surface area contributed by atoms with Crippen molar-refractivity contribution in [3.63, 3.8) is 0 Å². The quantitative estimate of drug-likeness (QED) is 0.701. The monoisotopic (exact) mass is 342 g/mol. The van der Waals surface area contributed by atoms with Crippen molar-refractivity contribution in [3.05, 3.63) is 84.1 Å². The maximum Gasteiger partial charge on any atom is 0.225 e. The Bertz CT molecular complexity index is 897. The SMILES string of the molecule is N#Cc1ccc(Nc2ccc(NC(=O)CCc3ccccc3)nc2)cc1. The van der Waals surface area contributed by atoms with Gasteiger partial charge >= 0.3 is 0 Å². The molecule has 0 spiro atoms. The molecule has 3 aromatic rings. The van der Waals surface area contributed by atoms with Crippen LogP contribution in [-0.2, 0) is 11.2 Å². The van der Waals surface area contributed by atoms with Gasteiger partial charge in [-0.25, -0.2) is 4.98 Å². The van der Waals surface area contributed by atoms with Crippen LogP contribution in [0.5, 0.6) is 0 Å². The number of hydrogen-bond acceptors (Lipinski definition) is 4. The summed E-state index contributed by atoms with van der Waals surface area (Å²) in [6, 6.07) is 22.8. The highest BCUT2D eigenvalue weighted by atomic mass is 16.1. The van der Waals surface area contributed by atoms with E-state index < -0.39 is 0 Å². The summed E-state index contributed by atoms with van der Waals surface area (Å²) in [5.41, 5.74) is 3.42. The molecule has 0 unspecified atom stereocenters. The van der Waals surface area contributed by atoms with E-state index in [1.807, 2.05) is 48.5 Å². The minimum absolute atomic E-state index is 0.0610. The van der Waals surface area contributed by atoms with Crippen molar-refractivity contribution in [2.24, 2.45) is 0 Å². The van der Waals surface area contributed by atoms with E-state index in [0.29, 0.717) is 24.2 Å². The zero-order valence-electron chi connectivity index (χ0n) is 14.1. The number of nitriles is 1. The number of benzene rings is 2. The Balaban J connectivity index is 1.52. The van der Waals surface area contributed by atoms with Crippen LogP contribution in [0.15, 0.2) is 72.9 Å². The molecule has 0 atom stereocenters. The summed E-state index contributed by atoms with van der Waals surface area (Å²) in [5, 5.41) is 14.8. The van der Waals surface area contributed by atoms with Crippen LogP contribution in [0.1, 0.15) is 17.5 Å². The molecule has 128 valence electrons. The number of rotatable bonds is 6. The van der Waals surface area contributed by atoms with Crippen molar-refractivity contribution >= 4 is 23.1 Å². The minimum Gasteiger partial charge on any atom is -0.354 e. The van der Waals surface area contributed by atoms with Gasteiger partial charge in [0.2, 0.25) is 5.91 Å². The molecule has 1 heterocycles. The van der Waals surface area contributed by atoms with E-state index in [1.165, 1.54) is 0 Å². The number of anilines is 3. The second-order valence-corrected chi connectivity index (χ2v) is 5.78. The zero-order chi connectivity index (χ0) is 18.2. The number of amides is 1. The van der Waals surface area contributed by atoms with Gasteiger partial charge in [-0.3, -0.25) is 4.79 Å². The maximum atomic E-state index is 12.0. The van der Waals surface area contributed by atoms with Crippen molar-refractivity contribution < 1.29 is 4.79 Å². The number of nitrogens with one attached hydrogen (secondary N) is 2. The van der Waals surface area contributed by atoms with Crippen LogP contribution in [0, 0.1) is 11.3 Å². The summed E-state index contributed by atoms with van der Waals surface area (Å²) in [4.78, 5) is 16.3. The summed E-state index contributed by atoms with van der Waals surface area (Å²) < 4.78 is 0. The molecule has 2 N–H and O–H groups in total. The normalized spacial score (nSPS) is 9.96. The smallest absolute Gasteiger partial charge is 0.225 e. The first-order chi connectivity index (χ1) is 12.7.